The predicted molar refractivity (Wildman–Crippen MR) is 127 cm³/mol. The van der Waals surface area contributed by atoms with Gasteiger partial charge in [-0.2, -0.15) is 0 Å². The second kappa shape index (κ2) is 13.5. The molecule has 1 amide bonds. The third-order valence-electron chi connectivity index (χ3n) is 6.36. The van der Waals surface area contributed by atoms with Crippen molar-refractivity contribution in [2.45, 2.75) is 96.6 Å². The fraction of sp³-hybridized carbons (Fsp3) is 0.630. The van der Waals surface area contributed by atoms with Gasteiger partial charge in [0.05, 0.1) is 6.61 Å². The van der Waals surface area contributed by atoms with Crippen molar-refractivity contribution in [2.24, 2.45) is 0 Å². The third-order valence-corrected chi connectivity index (χ3v) is 6.36. The summed E-state index contributed by atoms with van der Waals surface area (Å²) in [7, 11) is 0. The molecule has 0 aromatic heterocycles. The van der Waals surface area contributed by atoms with Gasteiger partial charge in [0.25, 0.3) is 0 Å². The molecule has 182 valence electrons. The lowest BCUT2D eigenvalue weighted by molar-refractivity contribution is -0.254. The molecule has 2 aliphatic rings. The van der Waals surface area contributed by atoms with E-state index in [2.05, 4.69) is 6.92 Å². The zero-order chi connectivity index (χ0) is 23.5. The maximum atomic E-state index is 13.2. The number of fused-ring (bicyclic) bond motifs is 1. The van der Waals surface area contributed by atoms with Gasteiger partial charge < -0.3 is 19.1 Å². The Bertz CT molecular complexity index is 778. The molecule has 0 N–H and O–H groups in total. The number of carbonyl (C=O) groups excluding carboxylic acids is 2. The molecule has 33 heavy (non-hydrogen) atoms. The van der Waals surface area contributed by atoms with Gasteiger partial charge in [0.1, 0.15) is 12.0 Å². The summed E-state index contributed by atoms with van der Waals surface area (Å²) in [6.45, 7) is 4.51. The lowest BCUT2D eigenvalue weighted by Crippen LogP contribution is -2.51. The first-order chi connectivity index (χ1) is 16.1. The van der Waals surface area contributed by atoms with E-state index < -0.39 is 18.5 Å². The molecule has 1 aromatic carbocycles. The molecule has 2 aliphatic heterocycles. The van der Waals surface area contributed by atoms with E-state index in [4.69, 9.17) is 14.2 Å². The van der Waals surface area contributed by atoms with Gasteiger partial charge in [-0.25, -0.2) is 0 Å². The van der Waals surface area contributed by atoms with Gasteiger partial charge in [0.2, 0.25) is 11.7 Å². The second-order valence-corrected chi connectivity index (χ2v) is 9.03. The minimum absolute atomic E-state index is 0.153. The van der Waals surface area contributed by atoms with Crippen molar-refractivity contribution in [3.8, 4) is 0 Å². The number of nitrogens with zero attached hydrogens (tertiary/aromatic N) is 1. The summed E-state index contributed by atoms with van der Waals surface area (Å²) in [4.78, 5) is 27.1. The van der Waals surface area contributed by atoms with Crippen LogP contribution in [0.2, 0.25) is 0 Å². The Morgan fingerprint density at radius 3 is 2.24 bits per heavy atom. The number of rotatable bonds is 13. The molecule has 1 aromatic rings. The topological polar surface area (TPSA) is 65.1 Å². The number of hydrogen-bond acceptors (Lipinski definition) is 5. The van der Waals surface area contributed by atoms with Crippen molar-refractivity contribution in [1.29, 1.82) is 0 Å². The van der Waals surface area contributed by atoms with E-state index in [0.717, 1.165) is 24.8 Å². The largest absolute Gasteiger partial charge is 0.490 e. The fourth-order valence-electron chi connectivity index (χ4n) is 4.41. The fourth-order valence-corrected chi connectivity index (χ4v) is 4.41. The van der Waals surface area contributed by atoms with Crippen molar-refractivity contribution in [2.75, 3.05) is 13.2 Å². The highest BCUT2D eigenvalue weighted by Crippen LogP contribution is 2.32. The highest BCUT2D eigenvalue weighted by Gasteiger charge is 2.44. The van der Waals surface area contributed by atoms with Crippen LogP contribution in [0.4, 0.5) is 0 Å². The minimum Gasteiger partial charge on any atom is -0.490 e. The molecule has 0 radical (unpaired) electrons. The van der Waals surface area contributed by atoms with Crippen molar-refractivity contribution >= 4 is 11.7 Å². The first-order valence-electron chi connectivity index (χ1n) is 12.6. The average Bonchev–Trinajstić information content (AvgIpc) is 2.84. The van der Waals surface area contributed by atoms with Gasteiger partial charge in [0.15, 0.2) is 18.5 Å². The summed E-state index contributed by atoms with van der Waals surface area (Å²) in [5.74, 6) is -0.364. The number of unbranched alkanes of at least 4 members (excludes halogenated alkanes) is 9. The number of benzene rings is 1. The molecule has 1 saturated heterocycles. The summed E-state index contributed by atoms with van der Waals surface area (Å²) in [5, 5.41) is 0. The average molecular weight is 458 g/mol. The molecule has 0 bridgehead atoms. The molecule has 0 spiro atoms. The van der Waals surface area contributed by atoms with Crippen LogP contribution >= 0.6 is 0 Å². The van der Waals surface area contributed by atoms with Crippen molar-refractivity contribution in [1.82, 2.24) is 4.90 Å². The minimum atomic E-state index is -0.779. The molecule has 6 heteroatoms. The standard InChI is InChI=1S/C27H39NO5/c1-3-4-5-6-7-8-9-10-11-15-18-28(21(2)29)23-19-31-24-20-32-27(33-26(24)25(23)30)22-16-13-12-14-17-22/h12-14,16-17,19,24,26-27H,3-11,15,18,20H2,1-2H3/t24-,26-,27-/m1/s1. The first kappa shape index (κ1) is 25.4. The third kappa shape index (κ3) is 7.41. The summed E-state index contributed by atoms with van der Waals surface area (Å²) in [5.41, 5.74) is 1.14. The number of carbonyl (C=O) groups is 2. The molecular formula is C27H39NO5. The Morgan fingerprint density at radius 2 is 1.61 bits per heavy atom. The number of ether oxygens (including phenoxy) is 3. The van der Waals surface area contributed by atoms with Crippen LogP contribution in [-0.4, -0.2) is 41.9 Å². The maximum Gasteiger partial charge on any atom is 0.224 e. The van der Waals surface area contributed by atoms with Crippen LogP contribution in [-0.2, 0) is 23.8 Å². The van der Waals surface area contributed by atoms with E-state index >= 15 is 0 Å². The monoisotopic (exact) mass is 457 g/mol. The number of Topliss-reactive ketones (excluding diaryl/α,β-unsaturated/α-hetero) is 1. The van der Waals surface area contributed by atoms with E-state index in [1.165, 1.54) is 58.1 Å². The quantitative estimate of drug-likeness (QED) is 0.357. The van der Waals surface area contributed by atoms with E-state index in [1.54, 1.807) is 4.90 Å². The zero-order valence-corrected chi connectivity index (χ0v) is 20.2. The van der Waals surface area contributed by atoms with Gasteiger partial charge in [-0.15, -0.1) is 0 Å². The highest BCUT2D eigenvalue weighted by molar-refractivity contribution is 6.02. The predicted octanol–water partition coefficient (Wildman–Crippen LogP) is 5.68. The maximum absolute atomic E-state index is 13.2. The summed E-state index contributed by atoms with van der Waals surface area (Å²) in [6.07, 6.45) is 11.7. The summed E-state index contributed by atoms with van der Waals surface area (Å²) < 4.78 is 17.5. The first-order valence-corrected chi connectivity index (χ1v) is 12.6. The normalized spacial score (nSPS) is 22.3. The van der Waals surface area contributed by atoms with E-state index in [0.29, 0.717) is 6.54 Å². The Morgan fingerprint density at radius 1 is 0.970 bits per heavy atom. The van der Waals surface area contributed by atoms with Gasteiger partial charge in [-0.05, 0) is 6.42 Å². The lowest BCUT2D eigenvalue weighted by Gasteiger charge is -2.39. The molecule has 0 saturated carbocycles. The smallest absolute Gasteiger partial charge is 0.224 e. The zero-order valence-electron chi connectivity index (χ0n) is 20.2. The summed E-state index contributed by atoms with van der Waals surface area (Å²) >= 11 is 0. The van der Waals surface area contributed by atoms with Crippen LogP contribution in [0.15, 0.2) is 42.3 Å². The molecule has 3 atom stereocenters. The molecule has 2 heterocycles. The van der Waals surface area contributed by atoms with Crippen LogP contribution in [0.25, 0.3) is 0 Å². The van der Waals surface area contributed by atoms with E-state index in [9.17, 15) is 9.59 Å². The van der Waals surface area contributed by atoms with Gasteiger partial charge in [-0.3, -0.25) is 9.59 Å². The molecule has 3 rings (SSSR count). The molecule has 0 unspecified atom stereocenters. The Kier molecular flexibility index (Phi) is 10.4. The Hall–Kier alpha value is -2.18. The van der Waals surface area contributed by atoms with Gasteiger partial charge >= 0.3 is 0 Å². The van der Waals surface area contributed by atoms with Crippen LogP contribution < -0.4 is 0 Å². The van der Waals surface area contributed by atoms with Crippen molar-refractivity contribution < 1.29 is 23.8 Å². The second-order valence-electron chi connectivity index (χ2n) is 9.03. The Labute approximate surface area is 198 Å². The lowest BCUT2D eigenvalue weighted by atomic mass is 10.0. The van der Waals surface area contributed by atoms with Crippen LogP contribution in [0, 0.1) is 0 Å². The Balaban J connectivity index is 1.47. The number of ketones is 1. The molecule has 1 fully saturated rings. The van der Waals surface area contributed by atoms with Crippen molar-refractivity contribution in [3.05, 3.63) is 47.9 Å². The van der Waals surface area contributed by atoms with E-state index in [1.807, 2.05) is 30.3 Å². The molecule has 6 nitrogen and oxygen atoms in total. The van der Waals surface area contributed by atoms with Crippen LogP contribution in [0.3, 0.4) is 0 Å². The van der Waals surface area contributed by atoms with Crippen LogP contribution in [0.1, 0.15) is 89.9 Å². The van der Waals surface area contributed by atoms with Crippen molar-refractivity contribution in [3.63, 3.8) is 0 Å². The summed E-state index contributed by atoms with van der Waals surface area (Å²) in [6, 6.07) is 9.54. The van der Waals surface area contributed by atoms with E-state index in [-0.39, 0.29) is 24.0 Å². The molecule has 0 aliphatic carbocycles. The van der Waals surface area contributed by atoms with Gasteiger partial charge in [0, 0.05) is 19.0 Å². The number of hydrogen-bond donors (Lipinski definition) is 0. The highest BCUT2D eigenvalue weighted by atomic mass is 16.7. The van der Waals surface area contributed by atoms with Crippen LogP contribution in [0.5, 0.6) is 0 Å². The molecular weight excluding hydrogens is 418 g/mol. The number of amides is 1. The van der Waals surface area contributed by atoms with Gasteiger partial charge in [-0.1, -0.05) is 95.0 Å². The SMILES string of the molecule is CCCCCCCCCCCCN(C(C)=O)C1=CO[C@@H]2CO[C@@H](c3ccccc3)O[C@H]2C1=O.